The molecule has 6 nitrogen and oxygen atoms in total. The Morgan fingerprint density at radius 3 is 2.81 bits per heavy atom. The molecule has 1 heterocycles. The van der Waals surface area contributed by atoms with E-state index in [-0.39, 0.29) is 11.8 Å². The minimum absolute atomic E-state index is 0.180. The van der Waals surface area contributed by atoms with Gasteiger partial charge in [-0.25, -0.2) is 9.18 Å². The standard InChI is InChI=1S/C19H27FN4O2/c1-5-23(13-16-7-6-8-17(20)11-16)19(25)21-12-18-14(2)22-24(15(18)3)9-10-26-4/h6-8,11H,5,9-10,12-13H2,1-4H3,(H,21,25). The van der Waals surface area contributed by atoms with Gasteiger partial charge >= 0.3 is 6.03 Å². The molecule has 26 heavy (non-hydrogen) atoms. The fourth-order valence-corrected chi connectivity index (χ4v) is 2.84. The van der Waals surface area contributed by atoms with Gasteiger partial charge in [-0.2, -0.15) is 5.10 Å². The van der Waals surface area contributed by atoms with Crippen LogP contribution < -0.4 is 5.32 Å². The van der Waals surface area contributed by atoms with Gasteiger partial charge in [-0.05, 0) is 38.5 Å². The van der Waals surface area contributed by atoms with Gasteiger partial charge in [0.25, 0.3) is 0 Å². The second kappa shape index (κ2) is 9.33. The molecule has 2 rings (SSSR count). The van der Waals surface area contributed by atoms with E-state index in [2.05, 4.69) is 10.4 Å². The van der Waals surface area contributed by atoms with Crippen molar-refractivity contribution in [3.05, 3.63) is 52.6 Å². The summed E-state index contributed by atoms with van der Waals surface area (Å²) in [6, 6.07) is 6.13. The number of aromatic nitrogens is 2. The van der Waals surface area contributed by atoms with E-state index in [1.807, 2.05) is 31.5 Å². The molecule has 2 amide bonds. The molecule has 0 aliphatic carbocycles. The number of ether oxygens (including phenoxy) is 1. The Morgan fingerprint density at radius 1 is 1.38 bits per heavy atom. The van der Waals surface area contributed by atoms with Gasteiger partial charge in [0, 0.05) is 38.0 Å². The average Bonchev–Trinajstić information content (AvgIpc) is 2.89. The minimum Gasteiger partial charge on any atom is -0.383 e. The largest absolute Gasteiger partial charge is 0.383 e. The zero-order valence-corrected chi connectivity index (χ0v) is 15.9. The molecular weight excluding hydrogens is 335 g/mol. The number of methoxy groups -OCH3 is 1. The number of benzene rings is 1. The highest BCUT2D eigenvalue weighted by atomic mass is 19.1. The van der Waals surface area contributed by atoms with Crippen LogP contribution in [0.3, 0.4) is 0 Å². The molecule has 0 radical (unpaired) electrons. The maximum atomic E-state index is 13.3. The molecule has 0 fully saturated rings. The summed E-state index contributed by atoms with van der Waals surface area (Å²) >= 11 is 0. The van der Waals surface area contributed by atoms with Crippen LogP contribution in [0.15, 0.2) is 24.3 Å². The highest BCUT2D eigenvalue weighted by Crippen LogP contribution is 2.13. The van der Waals surface area contributed by atoms with Crippen LogP contribution in [0.2, 0.25) is 0 Å². The van der Waals surface area contributed by atoms with E-state index in [0.717, 1.165) is 22.5 Å². The van der Waals surface area contributed by atoms with E-state index < -0.39 is 0 Å². The number of amides is 2. The van der Waals surface area contributed by atoms with Gasteiger partial charge in [0.15, 0.2) is 0 Å². The highest BCUT2D eigenvalue weighted by Gasteiger charge is 2.16. The first-order valence-electron chi connectivity index (χ1n) is 8.75. The molecule has 0 atom stereocenters. The summed E-state index contributed by atoms with van der Waals surface area (Å²) in [7, 11) is 1.66. The first-order chi connectivity index (χ1) is 12.5. The van der Waals surface area contributed by atoms with Crippen molar-refractivity contribution in [2.75, 3.05) is 20.3 Å². The van der Waals surface area contributed by atoms with Gasteiger partial charge < -0.3 is 15.0 Å². The highest BCUT2D eigenvalue weighted by molar-refractivity contribution is 5.74. The van der Waals surface area contributed by atoms with Crippen molar-refractivity contribution in [3.8, 4) is 0 Å². The molecule has 0 saturated carbocycles. The van der Waals surface area contributed by atoms with E-state index >= 15 is 0 Å². The Hall–Kier alpha value is -2.41. The van der Waals surface area contributed by atoms with E-state index in [1.54, 1.807) is 18.1 Å². The number of carbonyl (C=O) groups is 1. The Bertz CT molecular complexity index is 745. The van der Waals surface area contributed by atoms with E-state index in [9.17, 15) is 9.18 Å². The topological polar surface area (TPSA) is 59.4 Å². The maximum Gasteiger partial charge on any atom is 0.317 e. The number of hydrogen-bond acceptors (Lipinski definition) is 3. The molecule has 142 valence electrons. The number of urea groups is 1. The molecule has 1 aromatic heterocycles. The van der Waals surface area contributed by atoms with Crippen LogP contribution in [-0.2, 0) is 24.4 Å². The minimum atomic E-state index is -0.298. The van der Waals surface area contributed by atoms with Crippen LogP contribution in [0.1, 0.15) is 29.4 Å². The van der Waals surface area contributed by atoms with E-state index in [4.69, 9.17) is 4.74 Å². The summed E-state index contributed by atoms with van der Waals surface area (Å²) in [5.41, 5.74) is 3.69. The molecule has 0 spiro atoms. The summed E-state index contributed by atoms with van der Waals surface area (Å²) < 4.78 is 20.3. The van der Waals surface area contributed by atoms with Crippen LogP contribution in [-0.4, -0.2) is 41.0 Å². The second-order valence-corrected chi connectivity index (χ2v) is 6.17. The molecule has 0 aliphatic heterocycles. The monoisotopic (exact) mass is 362 g/mol. The summed E-state index contributed by atoms with van der Waals surface area (Å²) in [5, 5.41) is 7.44. The van der Waals surface area contributed by atoms with Crippen LogP contribution in [0.5, 0.6) is 0 Å². The van der Waals surface area contributed by atoms with Crippen molar-refractivity contribution in [3.63, 3.8) is 0 Å². The normalized spacial score (nSPS) is 10.8. The molecular formula is C19H27FN4O2. The van der Waals surface area contributed by atoms with Gasteiger partial charge in [0.1, 0.15) is 5.82 Å². The summed E-state index contributed by atoms with van der Waals surface area (Å²) in [4.78, 5) is 14.2. The average molecular weight is 362 g/mol. The molecule has 2 aromatic rings. The van der Waals surface area contributed by atoms with Gasteiger partial charge in [-0.1, -0.05) is 12.1 Å². The molecule has 7 heteroatoms. The van der Waals surface area contributed by atoms with Crippen LogP contribution in [0.4, 0.5) is 9.18 Å². The van der Waals surface area contributed by atoms with Gasteiger partial charge in [0.2, 0.25) is 0 Å². The molecule has 0 unspecified atom stereocenters. The zero-order valence-electron chi connectivity index (χ0n) is 15.9. The number of nitrogens with zero attached hydrogens (tertiary/aromatic N) is 3. The number of carbonyl (C=O) groups excluding carboxylic acids is 1. The number of nitrogens with one attached hydrogen (secondary N) is 1. The van der Waals surface area contributed by atoms with Gasteiger partial charge in [-0.15, -0.1) is 0 Å². The lowest BCUT2D eigenvalue weighted by molar-refractivity contribution is 0.182. The Morgan fingerprint density at radius 2 is 2.15 bits per heavy atom. The van der Waals surface area contributed by atoms with Crippen molar-refractivity contribution in [2.45, 2.75) is 40.4 Å². The quantitative estimate of drug-likeness (QED) is 0.785. The van der Waals surface area contributed by atoms with Crippen molar-refractivity contribution in [1.29, 1.82) is 0 Å². The first-order valence-corrected chi connectivity index (χ1v) is 8.75. The number of halogens is 1. The third kappa shape index (κ3) is 5.05. The Kier molecular flexibility index (Phi) is 7.15. The predicted octanol–water partition coefficient (Wildman–Crippen LogP) is 3.02. The van der Waals surface area contributed by atoms with Crippen LogP contribution in [0, 0.1) is 19.7 Å². The summed E-state index contributed by atoms with van der Waals surface area (Å²) in [6.07, 6.45) is 0. The fourth-order valence-electron chi connectivity index (χ4n) is 2.84. The summed E-state index contributed by atoms with van der Waals surface area (Å²) in [5.74, 6) is -0.298. The number of hydrogen-bond donors (Lipinski definition) is 1. The molecule has 0 saturated heterocycles. The second-order valence-electron chi connectivity index (χ2n) is 6.17. The lowest BCUT2D eigenvalue weighted by Gasteiger charge is -2.21. The van der Waals surface area contributed by atoms with Crippen molar-refractivity contribution in [1.82, 2.24) is 20.0 Å². The summed E-state index contributed by atoms with van der Waals surface area (Å²) in [6.45, 7) is 8.40. The lowest BCUT2D eigenvalue weighted by atomic mass is 10.2. The predicted molar refractivity (Wildman–Crippen MR) is 98.3 cm³/mol. The SMILES string of the molecule is CCN(Cc1cccc(F)c1)C(=O)NCc1c(C)nn(CCOC)c1C. The Balaban J connectivity index is 1.99. The first kappa shape index (κ1) is 19.9. The zero-order chi connectivity index (χ0) is 19.1. The van der Waals surface area contributed by atoms with Crippen LogP contribution >= 0.6 is 0 Å². The molecule has 1 N–H and O–H groups in total. The molecule has 0 aliphatic rings. The third-order valence-corrected chi connectivity index (χ3v) is 4.39. The molecule has 0 bridgehead atoms. The number of rotatable bonds is 8. The smallest absolute Gasteiger partial charge is 0.317 e. The van der Waals surface area contributed by atoms with Crippen molar-refractivity contribution < 1.29 is 13.9 Å². The van der Waals surface area contributed by atoms with E-state index in [0.29, 0.717) is 32.8 Å². The number of aryl methyl sites for hydroxylation is 1. The lowest BCUT2D eigenvalue weighted by Crippen LogP contribution is -2.39. The van der Waals surface area contributed by atoms with Gasteiger partial charge in [0.05, 0.1) is 18.8 Å². The fraction of sp³-hybridized carbons (Fsp3) is 0.474. The van der Waals surface area contributed by atoms with E-state index in [1.165, 1.54) is 12.1 Å². The van der Waals surface area contributed by atoms with Crippen molar-refractivity contribution >= 4 is 6.03 Å². The maximum absolute atomic E-state index is 13.3. The molecule has 1 aromatic carbocycles. The van der Waals surface area contributed by atoms with Crippen molar-refractivity contribution in [2.24, 2.45) is 0 Å². The Labute approximate surface area is 153 Å². The third-order valence-electron chi connectivity index (χ3n) is 4.39. The van der Waals surface area contributed by atoms with Gasteiger partial charge in [-0.3, -0.25) is 4.68 Å². The van der Waals surface area contributed by atoms with Crippen LogP contribution in [0.25, 0.3) is 0 Å².